The zero-order chi connectivity index (χ0) is 21.2. The first-order valence-corrected chi connectivity index (χ1v) is 12.9. The smallest absolute Gasteiger partial charge is 0.292 e. The minimum Gasteiger partial charge on any atom is -0.338 e. The Morgan fingerprint density at radius 2 is 1.87 bits per heavy atom. The number of hydrogen-bond donors (Lipinski definition) is 1. The SMILES string of the molecule is CCCCN1C(=O)C2(OCCCO2)c2cc(NS(=O)(=O)CC3CCCCC3)ccc21. The number of rotatable bonds is 7. The van der Waals surface area contributed by atoms with Gasteiger partial charge in [0, 0.05) is 17.8 Å². The third-order valence-corrected chi connectivity index (χ3v) is 7.71. The highest BCUT2D eigenvalue weighted by atomic mass is 32.2. The van der Waals surface area contributed by atoms with E-state index >= 15 is 0 Å². The average Bonchev–Trinajstić information content (AvgIpc) is 2.95. The summed E-state index contributed by atoms with van der Waals surface area (Å²) in [5.74, 6) is -1.31. The van der Waals surface area contributed by atoms with Gasteiger partial charge in [-0.1, -0.05) is 32.6 Å². The molecule has 1 aromatic carbocycles. The summed E-state index contributed by atoms with van der Waals surface area (Å²) in [6.45, 7) is 3.54. The van der Waals surface area contributed by atoms with Crippen LogP contribution in [0, 0.1) is 5.92 Å². The van der Waals surface area contributed by atoms with E-state index in [1.165, 1.54) is 6.42 Å². The summed E-state index contributed by atoms with van der Waals surface area (Å²) in [6, 6.07) is 5.24. The maximum Gasteiger partial charge on any atom is 0.292 e. The van der Waals surface area contributed by atoms with Crippen LogP contribution in [0.25, 0.3) is 0 Å². The van der Waals surface area contributed by atoms with E-state index < -0.39 is 15.8 Å². The lowest BCUT2D eigenvalue weighted by Crippen LogP contribution is -2.47. The van der Waals surface area contributed by atoms with Crippen molar-refractivity contribution in [2.45, 2.75) is 64.1 Å². The molecule has 30 heavy (non-hydrogen) atoms. The molecule has 7 nitrogen and oxygen atoms in total. The predicted octanol–water partition coefficient (Wildman–Crippen LogP) is 3.75. The minimum absolute atomic E-state index is 0.143. The number of sulfonamides is 1. The van der Waals surface area contributed by atoms with Gasteiger partial charge in [-0.25, -0.2) is 8.42 Å². The molecule has 1 amide bonds. The molecule has 4 rings (SSSR count). The van der Waals surface area contributed by atoms with Crippen molar-refractivity contribution in [3.63, 3.8) is 0 Å². The molecule has 1 N–H and O–H groups in total. The number of anilines is 2. The fourth-order valence-electron chi connectivity index (χ4n) is 4.74. The van der Waals surface area contributed by atoms with Crippen LogP contribution in [0.4, 0.5) is 11.4 Å². The molecule has 0 unspecified atom stereocenters. The first kappa shape index (κ1) is 21.6. The van der Waals surface area contributed by atoms with Crippen LogP contribution in [0.3, 0.4) is 0 Å². The van der Waals surface area contributed by atoms with Crippen molar-refractivity contribution < 1.29 is 22.7 Å². The molecule has 166 valence electrons. The Morgan fingerprint density at radius 3 is 2.57 bits per heavy atom. The highest BCUT2D eigenvalue weighted by Gasteiger charge is 2.54. The molecule has 2 fully saturated rings. The molecule has 1 aromatic rings. The fraction of sp³-hybridized carbons (Fsp3) is 0.682. The molecule has 0 bridgehead atoms. The van der Waals surface area contributed by atoms with Crippen molar-refractivity contribution in [1.29, 1.82) is 0 Å². The summed E-state index contributed by atoms with van der Waals surface area (Å²) >= 11 is 0. The molecule has 1 saturated heterocycles. The summed E-state index contributed by atoms with van der Waals surface area (Å²) in [7, 11) is -3.47. The summed E-state index contributed by atoms with van der Waals surface area (Å²) in [5.41, 5.74) is 1.79. The molecular formula is C22H32N2O5S. The van der Waals surface area contributed by atoms with Crippen molar-refractivity contribution in [3.05, 3.63) is 23.8 Å². The average molecular weight is 437 g/mol. The van der Waals surface area contributed by atoms with Crippen LogP contribution < -0.4 is 9.62 Å². The Balaban J connectivity index is 1.59. The molecule has 8 heteroatoms. The lowest BCUT2D eigenvalue weighted by molar-refractivity contribution is -0.256. The lowest BCUT2D eigenvalue weighted by atomic mass is 9.91. The zero-order valence-corrected chi connectivity index (χ0v) is 18.5. The summed E-state index contributed by atoms with van der Waals surface area (Å²) in [6.07, 6.45) is 7.90. The Morgan fingerprint density at radius 1 is 1.13 bits per heavy atom. The summed E-state index contributed by atoms with van der Waals surface area (Å²) in [4.78, 5) is 15.0. The van der Waals surface area contributed by atoms with Crippen LogP contribution in [0.2, 0.25) is 0 Å². The third kappa shape index (κ3) is 4.22. The van der Waals surface area contributed by atoms with E-state index in [9.17, 15) is 13.2 Å². The topological polar surface area (TPSA) is 84.9 Å². The van der Waals surface area contributed by atoms with Gasteiger partial charge in [-0.05, 0) is 49.8 Å². The van der Waals surface area contributed by atoms with Gasteiger partial charge in [0.25, 0.3) is 11.7 Å². The number of amides is 1. The second-order valence-electron chi connectivity index (χ2n) is 8.60. The first-order chi connectivity index (χ1) is 14.5. The molecule has 0 radical (unpaired) electrons. The van der Waals surface area contributed by atoms with Crippen molar-refractivity contribution in [2.24, 2.45) is 5.92 Å². The summed E-state index contributed by atoms with van der Waals surface area (Å²) in [5, 5.41) is 0. The normalized spacial score (nSPS) is 21.8. The van der Waals surface area contributed by atoms with Gasteiger partial charge < -0.3 is 14.4 Å². The van der Waals surface area contributed by atoms with Crippen LogP contribution in [0.5, 0.6) is 0 Å². The second-order valence-corrected chi connectivity index (χ2v) is 10.4. The van der Waals surface area contributed by atoms with Gasteiger partial charge in [-0.3, -0.25) is 9.52 Å². The van der Waals surface area contributed by atoms with E-state index in [4.69, 9.17) is 9.47 Å². The van der Waals surface area contributed by atoms with E-state index in [1.54, 1.807) is 23.1 Å². The van der Waals surface area contributed by atoms with Crippen molar-refractivity contribution in [2.75, 3.05) is 35.1 Å². The molecule has 1 spiro atoms. The van der Waals surface area contributed by atoms with Gasteiger partial charge in [0.1, 0.15) is 0 Å². The van der Waals surface area contributed by atoms with Gasteiger partial charge >= 0.3 is 0 Å². The Bertz CT molecular complexity index is 874. The molecular weight excluding hydrogens is 404 g/mol. The van der Waals surface area contributed by atoms with Crippen LogP contribution in [0.1, 0.15) is 63.9 Å². The standard InChI is InChI=1S/C22H32N2O5S/c1-2-3-12-24-20-11-10-18(23-30(26,27)16-17-8-5-4-6-9-17)15-19(20)22(21(24)25)28-13-7-14-29-22/h10-11,15,17,23H,2-9,12-14,16H2,1H3. The van der Waals surface area contributed by atoms with Gasteiger partial charge in [-0.15, -0.1) is 0 Å². The van der Waals surface area contributed by atoms with Gasteiger partial charge in [-0.2, -0.15) is 0 Å². The molecule has 1 aliphatic carbocycles. The van der Waals surface area contributed by atoms with Crippen LogP contribution >= 0.6 is 0 Å². The molecule has 3 aliphatic rings. The zero-order valence-electron chi connectivity index (χ0n) is 17.7. The number of ether oxygens (including phenoxy) is 2. The van der Waals surface area contributed by atoms with E-state index in [2.05, 4.69) is 11.6 Å². The van der Waals surface area contributed by atoms with Crippen LogP contribution in [-0.4, -0.2) is 39.8 Å². The van der Waals surface area contributed by atoms with E-state index in [1.807, 2.05) is 0 Å². The highest BCUT2D eigenvalue weighted by molar-refractivity contribution is 7.92. The predicted molar refractivity (Wildman–Crippen MR) is 116 cm³/mol. The highest BCUT2D eigenvalue weighted by Crippen LogP contribution is 2.46. The quantitative estimate of drug-likeness (QED) is 0.704. The minimum atomic E-state index is -3.47. The molecule has 0 atom stereocenters. The third-order valence-electron chi connectivity index (χ3n) is 6.26. The number of carbonyl (C=O) groups is 1. The van der Waals surface area contributed by atoms with Crippen molar-refractivity contribution in [1.82, 2.24) is 0 Å². The van der Waals surface area contributed by atoms with Gasteiger partial charge in [0.05, 0.1) is 24.7 Å². The van der Waals surface area contributed by atoms with E-state index in [0.717, 1.165) is 50.6 Å². The number of unbranched alkanes of at least 4 members (excludes halogenated alkanes) is 1. The molecule has 1 saturated carbocycles. The Kier molecular flexibility index (Phi) is 6.36. The monoisotopic (exact) mass is 436 g/mol. The van der Waals surface area contributed by atoms with Gasteiger partial charge in [0.15, 0.2) is 0 Å². The molecule has 2 heterocycles. The maximum atomic E-state index is 13.2. The van der Waals surface area contributed by atoms with E-state index in [0.29, 0.717) is 31.0 Å². The first-order valence-electron chi connectivity index (χ1n) is 11.2. The van der Waals surface area contributed by atoms with Gasteiger partial charge in [0.2, 0.25) is 10.0 Å². The van der Waals surface area contributed by atoms with Crippen molar-refractivity contribution in [3.8, 4) is 0 Å². The Hall–Kier alpha value is -1.64. The lowest BCUT2D eigenvalue weighted by Gasteiger charge is -2.32. The second kappa shape index (κ2) is 8.85. The maximum absolute atomic E-state index is 13.2. The fourth-order valence-corrected chi connectivity index (χ4v) is 6.26. The van der Waals surface area contributed by atoms with Crippen LogP contribution in [-0.2, 0) is 30.1 Å². The number of benzene rings is 1. The van der Waals surface area contributed by atoms with Crippen molar-refractivity contribution >= 4 is 27.3 Å². The summed E-state index contributed by atoms with van der Waals surface area (Å²) < 4.78 is 40.0. The Labute approximate surface area is 179 Å². The number of hydrogen-bond acceptors (Lipinski definition) is 5. The number of carbonyl (C=O) groups excluding carboxylic acids is 1. The van der Waals surface area contributed by atoms with Crippen LogP contribution in [0.15, 0.2) is 18.2 Å². The molecule has 0 aromatic heterocycles. The number of nitrogens with one attached hydrogen (secondary N) is 1. The van der Waals surface area contributed by atoms with E-state index in [-0.39, 0.29) is 17.6 Å². The largest absolute Gasteiger partial charge is 0.338 e. The molecule has 2 aliphatic heterocycles. The number of fused-ring (bicyclic) bond motifs is 2. The number of nitrogens with zero attached hydrogens (tertiary/aromatic N) is 1.